The van der Waals surface area contributed by atoms with Gasteiger partial charge < -0.3 is 15.4 Å². The zero-order valence-corrected chi connectivity index (χ0v) is 16.9. The van der Waals surface area contributed by atoms with Crippen molar-refractivity contribution >= 4 is 29.9 Å². The highest BCUT2D eigenvalue weighted by molar-refractivity contribution is 6.30. The molecule has 0 spiro atoms. The Morgan fingerprint density at radius 1 is 1.08 bits per heavy atom. The normalized spacial score (nSPS) is 10.8. The molecule has 0 aromatic heterocycles. The molecule has 1 amide bonds. The lowest BCUT2D eigenvalue weighted by Gasteiger charge is -2.21. The van der Waals surface area contributed by atoms with Crippen LogP contribution in [-0.2, 0) is 17.9 Å². The van der Waals surface area contributed by atoms with E-state index in [1.807, 2.05) is 45.0 Å². The van der Waals surface area contributed by atoms with Crippen LogP contribution in [0.15, 0.2) is 48.5 Å². The third-order valence-corrected chi connectivity index (χ3v) is 3.62. The molecule has 0 aliphatic carbocycles. The number of carbonyl (C=O) groups is 1. The fourth-order valence-electron chi connectivity index (χ4n) is 2.36. The molecule has 0 heterocycles. The molecule has 0 radical (unpaired) electrons. The fraction of sp³-hybridized carbons (Fsp3) is 0.350. The fourth-order valence-corrected chi connectivity index (χ4v) is 2.56. The first-order valence-corrected chi connectivity index (χ1v) is 8.68. The molecule has 4 nitrogen and oxygen atoms in total. The first-order chi connectivity index (χ1) is 11.8. The van der Waals surface area contributed by atoms with Crippen LogP contribution in [0.4, 0.5) is 0 Å². The van der Waals surface area contributed by atoms with Crippen LogP contribution in [0.3, 0.4) is 0 Å². The van der Waals surface area contributed by atoms with Crippen molar-refractivity contribution in [3.63, 3.8) is 0 Å². The summed E-state index contributed by atoms with van der Waals surface area (Å²) < 4.78 is 5.69. The van der Waals surface area contributed by atoms with Gasteiger partial charge in [-0.25, -0.2) is 0 Å². The van der Waals surface area contributed by atoms with Crippen LogP contribution in [0.25, 0.3) is 0 Å². The molecule has 26 heavy (non-hydrogen) atoms. The molecule has 0 bridgehead atoms. The van der Waals surface area contributed by atoms with Crippen LogP contribution in [0.5, 0.6) is 5.75 Å². The smallest absolute Gasteiger partial charge is 0.258 e. The number of benzene rings is 2. The molecule has 6 heteroatoms. The molecule has 2 N–H and O–H groups in total. The molecule has 0 saturated heterocycles. The Kier molecular flexibility index (Phi) is 8.93. The van der Waals surface area contributed by atoms with Crippen LogP contribution < -0.4 is 15.4 Å². The summed E-state index contributed by atoms with van der Waals surface area (Å²) in [5.41, 5.74) is 1.85. The number of rotatable bonds is 7. The average molecular weight is 397 g/mol. The molecule has 0 aliphatic rings. The van der Waals surface area contributed by atoms with Gasteiger partial charge in [-0.15, -0.1) is 12.4 Å². The number of ether oxygens (including phenoxy) is 1. The molecule has 2 aromatic carbocycles. The van der Waals surface area contributed by atoms with Crippen molar-refractivity contribution in [2.24, 2.45) is 0 Å². The minimum atomic E-state index is -0.277. The molecule has 0 unspecified atom stereocenters. The number of halogens is 2. The van der Waals surface area contributed by atoms with Crippen molar-refractivity contribution in [1.29, 1.82) is 0 Å². The van der Waals surface area contributed by atoms with Crippen molar-refractivity contribution in [2.45, 2.75) is 39.4 Å². The van der Waals surface area contributed by atoms with Gasteiger partial charge in [0.05, 0.1) is 0 Å². The minimum absolute atomic E-state index is 0. The summed E-state index contributed by atoms with van der Waals surface area (Å²) >= 11 is 6.10. The minimum Gasteiger partial charge on any atom is -0.483 e. The Hall–Kier alpha value is -1.75. The van der Waals surface area contributed by atoms with Gasteiger partial charge in [-0.1, -0.05) is 41.9 Å². The van der Waals surface area contributed by atoms with Gasteiger partial charge in [0.1, 0.15) is 5.75 Å². The summed E-state index contributed by atoms with van der Waals surface area (Å²) in [6, 6.07) is 15.6. The van der Waals surface area contributed by atoms with Crippen LogP contribution in [-0.4, -0.2) is 18.1 Å². The number of carbonyl (C=O) groups excluding carboxylic acids is 1. The van der Waals surface area contributed by atoms with Crippen molar-refractivity contribution in [3.8, 4) is 5.75 Å². The first kappa shape index (κ1) is 22.3. The van der Waals surface area contributed by atoms with Crippen molar-refractivity contribution in [3.05, 3.63) is 64.7 Å². The van der Waals surface area contributed by atoms with E-state index < -0.39 is 0 Å². The Bertz CT molecular complexity index is 701. The topological polar surface area (TPSA) is 50.4 Å². The second-order valence-corrected chi connectivity index (χ2v) is 7.36. The van der Waals surface area contributed by atoms with Gasteiger partial charge in [0.25, 0.3) is 5.91 Å². The maximum Gasteiger partial charge on any atom is 0.258 e. The van der Waals surface area contributed by atoms with Gasteiger partial charge >= 0.3 is 0 Å². The quantitative estimate of drug-likeness (QED) is 0.731. The summed E-state index contributed by atoms with van der Waals surface area (Å²) in [7, 11) is 0. The van der Waals surface area contributed by atoms with Gasteiger partial charge in [0.15, 0.2) is 6.61 Å². The van der Waals surface area contributed by atoms with Crippen molar-refractivity contribution < 1.29 is 9.53 Å². The second-order valence-electron chi connectivity index (χ2n) is 6.93. The summed E-state index contributed by atoms with van der Waals surface area (Å²) in [6.45, 7) is 7.14. The Morgan fingerprint density at radius 3 is 2.42 bits per heavy atom. The number of nitrogens with one attached hydrogen (secondary N) is 2. The van der Waals surface area contributed by atoms with Gasteiger partial charge in [-0.2, -0.15) is 0 Å². The maximum atomic E-state index is 11.9. The van der Waals surface area contributed by atoms with E-state index in [2.05, 4.69) is 22.8 Å². The van der Waals surface area contributed by atoms with Gasteiger partial charge in [0.2, 0.25) is 0 Å². The summed E-state index contributed by atoms with van der Waals surface area (Å²) in [4.78, 5) is 11.9. The van der Waals surface area contributed by atoms with E-state index in [9.17, 15) is 4.79 Å². The van der Waals surface area contributed by atoms with Gasteiger partial charge in [-0.3, -0.25) is 4.79 Å². The van der Waals surface area contributed by atoms with E-state index in [4.69, 9.17) is 16.3 Å². The average Bonchev–Trinajstić information content (AvgIpc) is 2.53. The van der Waals surface area contributed by atoms with E-state index in [0.717, 1.165) is 12.1 Å². The third kappa shape index (κ3) is 8.09. The zero-order chi connectivity index (χ0) is 18.3. The highest BCUT2D eigenvalue weighted by atomic mass is 35.5. The van der Waals surface area contributed by atoms with Crippen LogP contribution in [0.1, 0.15) is 31.9 Å². The molecular weight excluding hydrogens is 371 g/mol. The molecule has 0 atom stereocenters. The Morgan fingerprint density at radius 2 is 1.77 bits per heavy atom. The summed E-state index contributed by atoms with van der Waals surface area (Å²) in [5.74, 6) is 0.514. The van der Waals surface area contributed by atoms with Crippen molar-refractivity contribution in [1.82, 2.24) is 10.6 Å². The zero-order valence-electron chi connectivity index (χ0n) is 15.3. The van der Waals surface area contributed by atoms with E-state index in [-0.39, 0.29) is 30.5 Å². The van der Waals surface area contributed by atoms with E-state index in [1.165, 1.54) is 5.56 Å². The SMILES string of the molecule is CC(C)(C)NC(=O)COc1ccc(Cl)cc1CNCc1ccccc1.Cl. The van der Waals surface area contributed by atoms with Crippen molar-refractivity contribution in [2.75, 3.05) is 6.61 Å². The monoisotopic (exact) mass is 396 g/mol. The summed E-state index contributed by atoms with van der Waals surface area (Å²) in [5, 5.41) is 6.89. The lowest BCUT2D eigenvalue weighted by atomic mass is 10.1. The lowest BCUT2D eigenvalue weighted by Crippen LogP contribution is -2.43. The maximum absolute atomic E-state index is 11.9. The Labute approximate surface area is 166 Å². The molecule has 2 rings (SSSR count). The lowest BCUT2D eigenvalue weighted by molar-refractivity contribution is -0.124. The molecule has 0 saturated carbocycles. The van der Waals surface area contributed by atoms with E-state index >= 15 is 0 Å². The highest BCUT2D eigenvalue weighted by Gasteiger charge is 2.14. The predicted molar refractivity (Wildman–Crippen MR) is 109 cm³/mol. The standard InChI is InChI=1S/C20H25ClN2O2.ClH/c1-20(2,3)23-19(24)14-25-18-10-9-17(21)11-16(18)13-22-12-15-7-5-4-6-8-15;/h4-11,22H,12-14H2,1-3H3,(H,23,24);1H. The van der Waals surface area contributed by atoms with Gasteiger partial charge in [-0.05, 0) is 44.5 Å². The number of hydrogen-bond donors (Lipinski definition) is 2. The number of hydrogen-bond acceptors (Lipinski definition) is 3. The second kappa shape index (κ2) is 10.4. The first-order valence-electron chi connectivity index (χ1n) is 8.30. The molecule has 142 valence electrons. The van der Waals surface area contributed by atoms with Gasteiger partial charge in [0, 0.05) is 29.2 Å². The third-order valence-electron chi connectivity index (χ3n) is 3.38. The molecule has 0 fully saturated rings. The van der Waals surface area contributed by atoms with E-state index in [0.29, 0.717) is 17.3 Å². The van der Waals surface area contributed by atoms with Crippen LogP contribution in [0.2, 0.25) is 5.02 Å². The molecule has 0 aliphatic heterocycles. The molecule has 2 aromatic rings. The molecular formula is C20H26Cl2N2O2. The predicted octanol–water partition coefficient (Wildman–Crippen LogP) is 4.35. The number of amides is 1. The summed E-state index contributed by atoms with van der Waals surface area (Å²) in [6.07, 6.45) is 0. The van der Waals surface area contributed by atoms with Crippen LogP contribution in [0, 0.1) is 0 Å². The largest absolute Gasteiger partial charge is 0.483 e. The highest BCUT2D eigenvalue weighted by Crippen LogP contribution is 2.23. The Balaban J connectivity index is 0.00000338. The van der Waals surface area contributed by atoms with E-state index in [1.54, 1.807) is 12.1 Å². The van der Waals surface area contributed by atoms with Crippen LogP contribution >= 0.6 is 24.0 Å².